The second kappa shape index (κ2) is 6.94. The fourth-order valence-electron chi connectivity index (χ4n) is 1.22. The first kappa shape index (κ1) is 17.2. The Morgan fingerprint density at radius 2 is 2.00 bits per heavy atom. The van der Waals surface area contributed by atoms with Crippen molar-refractivity contribution in [1.82, 2.24) is 4.90 Å². The number of nitrogens with zero attached hydrogens (tertiary/aromatic N) is 1. The van der Waals surface area contributed by atoms with Crippen LogP contribution in [0, 0.1) is 0 Å². The Kier molecular flexibility index (Phi) is 6.63. The highest BCUT2D eigenvalue weighted by molar-refractivity contribution is 6.74. The molecule has 4 nitrogen and oxygen atoms in total. The number of amides is 1. The molecule has 0 aliphatic carbocycles. The van der Waals surface area contributed by atoms with Gasteiger partial charge in [0, 0.05) is 19.7 Å². The predicted molar refractivity (Wildman–Crippen MR) is 77.6 cm³/mol. The zero-order valence-electron chi connectivity index (χ0n) is 12.3. The molecule has 0 fully saturated rings. The summed E-state index contributed by atoms with van der Waals surface area (Å²) in [5.74, 6) is 0. The van der Waals surface area contributed by atoms with Crippen molar-refractivity contribution in [1.29, 1.82) is 0 Å². The minimum atomic E-state index is -1.71. The van der Waals surface area contributed by atoms with Gasteiger partial charge >= 0.3 is 6.09 Å². The Morgan fingerprint density at radius 3 is 2.39 bits per heavy atom. The van der Waals surface area contributed by atoms with Crippen LogP contribution >= 0.6 is 0 Å². The molecule has 0 saturated heterocycles. The van der Waals surface area contributed by atoms with Crippen LogP contribution in [0.2, 0.25) is 18.1 Å². The predicted octanol–water partition coefficient (Wildman–Crippen LogP) is 3.56. The molecule has 0 aromatic carbocycles. The van der Waals surface area contributed by atoms with E-state index in [1.165, 1.54) is 4.90 Å². The summed E-state index contributed by atoms with van der Waals surface area (Å²) in [5.41, 5.74) is 0. The molecule has 0 spiro atoms. The standard InChI is InChI=1S/C13H27NO3Si/c1-7-9-14(12(15)16)10-8-11-17-18(5,6)13(2,3)4/h7H,1,8-11H2,2-6H3,(H,15,16). The smallest absolute Gasteiger partial charge is 0.407 e. The number of carbonyl (C=O) groups is 1. The number of hydrogen-bond donors (Lipinski definition) is 1. The average Bonchev–Trinajstić information content (AvgIpc) is 2.20. The van der Waals surface area contributed by atoms with Crippen molar-refractivity contribution in [3.8, 4) is 0 Å². The van der Waals surface area contributed by atoms with Crippen LogP contribution in [0.4, 0.5) is 4.79 Å². The molecule has 0 bridgehead atoms. The van der Waals surface area contributed by atoms with E-state index in [0.29, 0.717) is 19.7 Å². The lowest BCUT2D eigenvalue weighted by atomic mass is 10.2. The second-order valence-corrected chi connectivity index (χ2v) is 10.8. The van der Waals surface area contributed by atoms with Crippen LogP contribution in [-0.4, -0.2) is 44.1 Å². The minimum absolute atomic E-state index is 0.195. The van der Waals surface area contributed by atoms with Crippen LogP contribution in [-0.2, 0) is 4.43 Å². The van der Waals surface area contributed by atoms with Gasteiger partial charge < -0.3 is 14.4 Å². The topological polar surface area (TPSA) is 49.8 Å². The van der Waals surface area contributed by atoms with E-state index in [2.05, 4.69) is 40.4 Å². The summed E-state index contributed by atoms with van der Waals surface area (Å²) >= 11 is 0. The molecule has 0 radical (unpaired) electrons. The Labute approximate surface area is 112 Å². The maximum Gasteiger partial charge on any atom is 0.407 e. The van der Waals surface area contributed by atoms with Gasteiger partial charge in [-0.1, -0.05) is 26.8 Å². The molecule has 0 rings (SSSR count). The normalized spacial score (nSPS) is 12.3. The maximum absolute atomic E-state index is 10.9. The van der Waals surface area contributed by atoms with Gasteiger partial charge in [-0.25, -0.2) is 4.79 Å². The van der Waals surface area contributed by atoms with Crippen molar-refractivity contribution < 1.29 is 14.3 Å². The molecule has 0 heterocycles. The van der Waals surface area contributed by atoms with Gasteiger partial charge in [-0.3, -0.25) is 0 Å². The molecule has 5 heteroatoms. The van der Waals surface area contributed by atoms with E-state index in [1.807, 2.05) is 0 Å². The fourth-order valence-corrected chi connectivity index (χ4v) is 2.31. The molecule has 0 unspecified atom stereocenters. The Hall–Kier alpha value is -0.813. The molecular weight excluding hydrogens is 246 g/mol. The van der Waals surface area contributed by atoms with Crippen molar-refractivity contribution in [3.05, 3.63) is 12.7 Å². The monoisotopic (exact) mass is 273 g/mol. The summed E-state index contributed by atoms with van der Waals surface area (Å²) in [4.78, 5) is 12.2. The lowest BCUT2D eigenvalue weighted by Crippen LogP contribution is -2.41. The first-order chi connectivity index (χ1) is 8.12. The van der Waals surface area contributed by atoms with Crippen molar-refractivity contribution in [2.24, 2.45) is 0 Å². The third-order valence-electron chi connectivity index (χ3n) is 3.46. The molecule has 0 aromatic heterocycles. The van der Waals surface area contributed by atoms with Gasteiger partial charge in [0.25, 0.3) is 0 Å². The summed E-state index contributed by atoms with van der Waals surface area (Å²) in [5, 5.41) is 9.13. The van der Waals surface area contributed by atoms with Crippen molar-refractivity contribution >= 4 is 14.4 Å². The van der Waals surface area contributed by atoms with Crippen molar-refractivity contribution in [2.75, 3.05) is 19.7 Å². The summed E-state index contributed by atoms with van der Waals surface area (Å²) < 4.78 is 6.00. The van der Waals surface area contributed by atoms with E-state index in [4.69, 9.17) is 9.53 Å². The SMILES string of the molecule is C=CCN(CCCO[Si](C)(C)C(C)(C)C)C(=O)O. The quantitative estimate of drug-likeness (QED) is 0.438. The van der Waals surface area contributed by atoms with Gasteiger partial charge in [0.05, 0.1) is 0 Å². The van der Waals surface area contributed by atoms with Crippen molar-refractivity contribution in [3.63, 3.8) is 0 Å². The lowest BCUT2D eigenvalue weighted by molar-refractivity contribution is 0.146. The van der Waals surface area contributed by atoms with Crippen molar-refractivity contribution in [2.45, 2.75) is 45.3 Å². The molecule has 0 aliphatic heterocycles. The highest BCUT2D eigenvalue weighted by Gasteiger charge is 2.36. The maximum atomic E-state index is 10.9. The summed E-state index contributed by atoms with van der Waals surface area (Å²) in [7, 11) is -1.71. The van der Waals surface area contributed by atoms with E-state index in [1.54, 1.807) is 6.08 Å². The number of rotatable bonds is 7. The summed E-state index contributed by atoms with van der Waals surface area (Å²) in [6.45, 7) is 16.0. The average molecular weight is 273 g/mol. The first-order valence-electron chi connectivity index (χ1n) is 6.34. The second-order valence-electron chi connectivity index (χ2n) is 5.98. The number of carboxylic acid groups (broad SMARTS) is 1. The van der Waals surface area contributed by atoms with E-state index in [0.717, 1.165) is 6.42 Å². The molecule has 0 aromatic rings. The third-order valence-corrected chi connectivity index (χ3v) is 8.00. The van der Waals surface area contributed by atoms with E-state index in [-0.39, 0.29) is 5.04 Å². The molecule has 106 valence electrons. The Balaban J connectivity index is 4.06. The zero-order valence-corrected chi connectivity index (χ0v) is 13.3. The summed E-state index contributed by atoms with van der Waals surface area (Å²) in [6.07, 6.45) is 1.43. The third kappa shape index (κ3) is 5.69. The first-order valence-corrected chi connectivity index (χ1v) is 9.25. The highest BCUT2D eigenvalue weighted by Crippen LogP contribution is 2.36. The molecule has 0 atom stereocenters. The lowest BCUT2D eigenvalue weighted by Gasteiger charge is -2.36. The molecule has 0 aliphatic rings. The zero-order chi connectivity index (χ0) is 14.4. The molecule has 18 heavy (non-hydrogen) atoms. The van der Waals surface area contributed by atoms with Crippen LogP contribution in [0.1, 0.15) is 27.2 Å². The highest BCUT2D eigenvalue weighted by atomic mass is 28.4. The van der Waals surface area contributed by atoms with Crippen LogP contribution in [0.3, 0.4) is 0 Å². The minimum Gasteiger partial charge on any atom is -0.465 e. The van der Waals surface area contributed by atoms with Gasteiger partial charge in [0.2, 0.25) is 0 Å². The molecule has 1 N–H and O–H groups in total. The fraction of sp³-hybridized carbons (Fsp3) is 0.769. The van der Waals surface area contributed by atoms with Gasteiger partial charge in [-0.2, -0.15) is 0 Å². The van der Waals surface area contributed by atoms with Gasteiger partial charge in [0.1, 0.15) is 0 Å². The van der Waals surface area contributed by atoms with E-state index < -0.39 is 14.4 Å². The van der Waals surface area contributed by atoms with Crippen LogP contribution in [0.25, 0.3) is 0 Å². The Bertz CT molecular complexity index is 284. The van der Waals surface area contributed by atoms with Gasteiger partial charge in [-0.15, -0.1) is 6.58 Å². The van der Waals surface area contributed by atoms with Crippen LogP contribution in [0.15, 0.2) is 12.7 Å². The van der Waals surface area contributed by atoms with Crippen LogP contribution in [0.5, 0.6) is 0 Å². The van der Waals surface area contributed by atoms with Gasteiger partial charge in [0.15, 0.2) is 8.32 Å². The van der Waals surface area contributed by atoms with Gasteiger partial charge in [-0.05, 0) is 24.6 Å². The van der Waals surface area contributed by atoms with Crippen LogP contribution < -0.4 is 0 Å². The molecular formula is C13H27NO3Si. The molecule has 1 amide bonds. The van der Waals surface area contributed by atoms with E-state index >= 15 is 0 Å². The number of hydrogen-bond acceptors (Lipinski definition) is 2. The molecule has 0 saturated carbocycles. The largest absolute Gasteiger partial charge is 0.465 e. The van der Waals surface area contributed by atoms with E-state index in [9.17, 15) is 4.79 Å². The Morgan fingerprint density at radius 1 is 1.44 bits per heavy atom. The summed E-state index contributed by atoms with van der Waals surface area (Å²) in [6, 6.07) is 0.